The van der Waals surface area contributed by atoms with E-state index in [1.54, 1.807) is 17.5 Å². The van der Waals surface area contributed by atoms with Gasteiger partial charge in [-0.3, -0.25) is 0 Å². The predicted octanol–water partition coefficient (Wildman–Crippen LogP) is 2.67. The Labute approximate surface area is 122 Å². The van der Waals surface area contributed by atoms with Gasteiger partial charge in [0.2, 0.25) is 0 Å². The number of nitrogens with two attached hydrogens (primary N) is 1. The van der Waals surface area contributed by atoms with Crippen molar-refractivity contribution in [2.45, 2.75) is 25.4 Å². The quantitative estimate of drug-likeness (QED) is 0.330. The molecule has 5 nitrogen and oxygen atoms in total. The van der Waals surface area contributed by atoms with Gasteiger partial charge >= 0.3 is 0 Å². The summed E-state index contributed by atoms with van der Waals surface area (Å²) in [5, 5.41) is 18.3. The SMILES string of the molecule is CC(NC(CC(N)=NO)c1ccccc1)c1nccs1. The van der Waals surface area contributed by atoms with Crippen molar-refractivity contribution in [1.82, 2.24) is 10.3 Å². The van der Waals surface area contributed by atoms with Crippen LogP contribution in [-0.2, 0) is 0 Å². The third-order valence-electron chi connectivity index (χ3n) is 3.02. The van der Waals surface area contributed by atoms with Crippen LogP contribution in [-0.4, -0.2) is 16.0 Å². The van der Waals surface area contributed by atoms with E-state index in [2.05, 4.69) is 22.4 Å². The van der Waals surface area contributed by atoms with Crippen molar-refractivity contribution in [3.63, 3.8) is 0 Å². The highest BCUT2D eigenvalue weighted by Crippen LogP contribution is 2.23. The van der Waals surface area contributed by atoms with E-state index in [9.17, 15) is 0 Å². The summed E-state index contributed by atoms with van der Waals surface area (Å²) in [7, 11) is 0. The summed E-state index contributed by atoms with van der Waals surface area (Å²) in [6.45, 7) is 2.06. The first-order valence-corrected chi connectivity index (χ1v) is 7.25. The molecule has 0 amide bonds. The van der Waals surface area contributed by atoms with E-state index in [-0.39, 0.29) is 17.9 Å². The lowest BCUT2D eigenvalue weighted by Crippen LogP contribution is -2.29. The van der Waals surface area contributed by atoms with E-state index >= 15 is 0 Å². The predicted molar refractivity (Wildman–Crippen MR) is 80.9 cm³/mol. The summed E-state index contributed by atoms with van der Waals surface area (Å²) < 4.78 is 0. The molecule has 0 bridgehead atoms. The minimum atomic E-state index is -0.0222. The topological polar surface area (TPSA) is 83.5 Å². The van der Waals surface area contributed by atoms with Crippen molar-refractivity contribution in [3.05, 3.63) is 52.5 Å². The van der Waals surface area contributed by atoms with Gasteiger partial charge in [-0.1, -0.05) is 35.5 Å². The largest absolute Gasteiger partial charge is 0.409 e. The average molecular weight is 290 g/mol. The number of aromatic nitrogens is 1. The molecular formula is C14H18N4OS. The molecule has 2 rings (SSSR count). The minimum absolute atomic E-state index is 0.0222. The number of rotatable bonds is 6. The number of nitrogens with one attached hydrogen (secondary N) is 1. The van der Waals surface area contributed by atoms with Crippen molar-refractivity contribution < 1.29 is 5.21 Å². The van der Waals surface area contributed by atoms with Gasteiger partial charge in [0.1, 0.15) is 10.8 Å². The maximum atomic E-state index is 8.77. The fourth-order valence-corrected chi connectivity index (χ4v) is 2.68. The van der Waals surface area contributed by atoms with E-state index in [4.69, 9.17) is 10.9 Å². The van der Waals surface area contributed by atoms with E-state index in [0.29, 0.717) is 6.42 Å². The summed E-state index contributed by atoms with van der Waals surface area (Å²) in [6, 6.07) is 10.1. The molecule has 0 aliphatic carbocycles. The van der Waals surface area contributed by atoms with Crippen molar-refractivity contribution in [1.29, 1.82) is 0 Å². The number of amidine groups is 1. The Kier molecular flexibility index (Phi) is 5.09. The minimum Gasteiger partial charge on any atom is -0.409 e. The molecule has 0 saturated carbocycles. The highest BCUT2D eigenvalue weighted by molar-refractivity contribution is 7.09. The number of benzene rings is 1. The van der Waals surface area contributed by atoms with Crippen LogP contribution in [0.3, 0.4) is 0 Å². The van der Waals surface area contributed by atoms with E-state index in [1.807, 2.05) is 35.7 Å². The molecule has 20 heavy (non-hydrogen) atoms. The zero-order chi connectivity index (χ0) is 14.4. The first-order chi connectivity index (χ1) is 9.70. The van der Waals surface area contributed by atoms with E-state index in [1.165, 1.54) is 0 Å². The van der Waals surface area contributed by atoms with Crippen LogP contribution < -0.4 is 11.1 Å². The Morgan fingerprint density at radius 3 is 2.80 bits per heavy atom. The van der Waals surface area contributed by atoms with Gasteiger partial charge in [0.15, 0.2) is 0 Å². The molecule has 1 aromatic heterocycles. The zero-order valence-corrected chi connectivity index (χ0v) is 12.0. The van der Waals surface area contributed by atoms with Crippen LogP contribution >= 0.6 is 11.3 Å². The fraction of sp³-hybridized carbons (Fsp3) is 0.286. The highest BCUT2D eigenvalue weighted by atomic mass is 32.1. The van der Waals surface area contributed by atoms with Crippen molar-refractivity contribution in [3.8, 4) is 0 Å². The molecule has 2 aromatic rings. The first-order valence-electron chi connectivity index (χ1n) is 6.37. The van der Waals surface area contributed by atoms with Gasteiger partial charge in [0, 0.05) is 24.0 Å². The molecule has 2 atom stereocenters. The number of hydrogen-bond donors (Lipinski definition) is 3. The van der Waals surface area contributed by atoms with Gasteiger partial charge < -0.3 is 16.3 Å². The molecule has 0 saturated heterocycles. The molecule has 1 aromatic carbocycles. The average Bonchev–Trinajstić information content (AvgIpc) is 3.01. The second-order valence-corrected chi connectivity index (χ2v) is 5.44. The standard InChI is InChI=1S/C14H18N4OS/c1-10(14-16-7-8-20-14)17-12(9-13(15)18-19)11-5-3-2-4-6-11/h2-8,10,12,17,19H,9H2,1H3,(H2,15,18). The summed E-state index contributed by atoms with van der Waals surface area (Å²) in [6.07, 6.45) is 2.23. The van der Waals surface area contributed by atoms with Crippen LogP contribution in [0.25, 0.3) is 0 Å². The summed E-state index contributed by atoms with van der Waals surface area (Å²) in [4.78, 5) is 4.31. The van der Waals surface area contributed by atoms with Gasteiger partial charge in [-0.15, -0.1) is 11.3 Å². The molecule has 0 spiro atoms. The Bertz CT molecular complexity index is 542. The van der Waals surface area contributed by atoms with E-state index < -0.39 is 0 Å². The number of thiazole rings is 1. The molecule has 0 radical (unpaired) electrons. The number of hydrogen-bond acceptors (Lipinski definition) is 5. The summed E-state index contributed by atoms with van der Waals surface area (Å²) in [5.74, 6) is 0.206. The molecule has 0 aliphatic heterocycles. The summed E-state index contributed by atoms with van der Waals surface area (Å²) in [5.41, 5.74) is 6.75. The second-order valence-electron chi connectivity index (χ2n) is 4.52. The molecule has 2 unspecified atom stereocenters. The lowest BCUT2D eigenvalue weighted by Gasteiger charge is -2.22. The molecule has 4 N–H and O–H groups in total. The van der Waals surface area contributed by atoms with Crippen LogP contribution in [0.2, 0.25) is 0 Å². The normalized spacial score (nSPS) is 14.9. The Morgan fingerprint density at radius 2 is 2.20 bits per heavy atom. The highest BCUT2D eigenvalue weighted by Gasteiger charge is 2.18. The first kappa shape index (κ1) is 14.5. The van der Waals surface area contributed by atoms with Crippen LogP contribution in [0.5, 0.6) is 0 Å². The van der Waals surface area contributed by atoms with Gasteiger partial charge in [0.05, 0.1) is 6.04 Å². The Morgan fingerprint density at radius 1 is 1.45 bits per heavy atom. The van der Waals surface area contributed by atoms with Gasteiger partial charge in [0.25, 0.3) is 0 Å². The number of oxime groups is 1. The van der Waals surface area contributed by atoms with Gasteiger partial charge in [-0.05, 0) is 12.5 Å². The maximum Gasteiger partial charge on any atom is 0.141 e. The molecule has 1 heterocycles. The van der Waals surface area contributed by atoms with Crippen LogP contribution in [0.4, 0.5) is 0 Å². The van der Waals surface area contributed by atoms with Crippen LogP contribution in [0, 0.1) is 0 Å². The Balaban J connectivity index is 2.14. The van der Waals surface area contributed by atoms with Crippen LogP contribution in [0.1, 0.15) is 36.0 Å². The van der Waals surface area contributed by atoms with Crippen LogP contribution in [0.15, 0.2) is 47.1 Å². The maximum absolute atomic E-state index is 8.77. The van der Waals surface area contributed by atoms with Gasteiger partial charge in [-0.2, -0.15) is 0 Å². The van der Waals surface area contributed by atoms with Crippen molar-refractivity contribution >= 4 is 17.2 Å². The second kappa shape index (κ2) is 7.02. The molecule has 0 fully saturated rings. The number of nitrogens with zero attached hydrogens (tertiary/aromatic N) is 2. The molecule has 6 heteroatoms. The summed E-state index contributed by atoms with van der Waals surface area (Å²) >= 11 is 1.61. The van der Waals surface area contributed by atoms with Crippen molar-refractivity contribution in [2.24, 2.45) is 10.9 Å². The van der Waals surface area contributed by atoms with Crippen molar-refractivity contribution in [2.75, 3.05) is 0 Å². The van der Waals surface area contributed by atoms with E-state index in [0.717, 1.165) is 10.6 Å². The molecule has 0 aliphatic rings. The smallest absolute Gasteiger partial charge is 0.141 e. The van der Waals surface area contributed by atoms with Gasteiger partial charge in [-0.25, -0.2) is 4.98 Å². The molecule has 106 valence electrons. The Hall–Kier alpha value is -1.92. The third-order valence-corrected chi connectivity index (χ3v) is 3.97. The fourth-order valence-electron chi connectivity index (χ4n) is 2.03. The lowest BCUT2D eigenvalue weighted by atomic mass is 10.0. The molecular weight excluding hydrogens is 272 g/mol. The zero-order valence-electron chi connectivity index (χ0n) is 11.2. The lowest BCUT2D eigenvalue weighted by molar-refractivity contribution is 0.315. The third kappa shape index (κ3) is 3.79. The monoisotopic (exact) mass is 290 g/mol.